The van der Waals surface area contributed by atoms with Gasteiger partial charge in [-0.05, 0) is 28.9 Å². The van der Waals surface area contributed by atoms with Crippen molar-refractivity contribution in [3.05, 3.63) is 27.5 Å². The van der Waals surface area contributed by atoms with E-state index >= 15 is 0 Å². The lowest BCUT2D eigenvalue weighted by molar-refractivity contribution is 0.101. The first-order chi connectivity index (χ1) is 5.11. The fourth-order valence-electron chi connectivity index (χ4n) is 0.614. The minimum absolute atomic E-state index is 0.0186. The van der Waals surface area contributed by atoms with E-state index in [0.717, 1.165) is 0 Å². The number of aromatic nitrogens is 1. The van der Waals surface area contributed by atoms with Gasteiger partial charge in [0.2, 0.25) is 0 Å². The number of pyridine rings is 1. The van der Waals surface area contributed by atoms with Gasteiger partial charge in [0.05, 0.1) is 4.47 Å². The van der Waals surface area contributed by atoms with Crippen LogP contribution in [0.1, 0.15) is 17.3 Å². The van der Waals surface area contributed by atoms with Gasteiger partial charge >= 0.3 is 0 Å². The second-order valence-electron chi connectivity index (χ2n) is 2.05. The molecule has 0 aliphatic rings. The number of carbonyl (C=O) groups excluding carboxylic acids is 1. The molecular formula is C7H5BrClNO. The van der Waals surface area contributed by atoms with E-state index in [1.807, 2.05) is 0 Å². The molecule has 0 fully saturated rings. The number of hydrogen-bond donors (Lipinski definition) is 0. The van der Waals surface area contributed by atoms with Gasteiger partial charge in [0, 0.05) is 11.8 Å². The highest BCUT2D eigenvalue weighted by Crippen LogP contribution is 2.20. The van der Waals surface area contributed by atoms with Crippen LogP contribution in [-0.2, 0) is 0 Å². The van der Waals surface area contributed by atoms with Gasteiger partial charge in [-0.2, -0.15) is 0 Å². The molecule has 0 radical (unpaired) electrons. The van der Waals surface area contributed by atoms with Crippen molar-refractivity contribution in [2.75, 3.05) is 0 Å². The topological polar surface area (TPSA) is 30.0 Å². The summed E-state index contributed by atoms with van der Waals surface area (Å²) in [6.07, 6.45) is 1.45. The summed E-state index contributed by atoms with van der Waals surface area (Å²) in [6.45, 7) is 1.48. The smallest absolute Gasteiger partial charge is 0.161 e. The molecule has 58 valence electrons. The Hall–Kier alpha value is -0.410. The molecule has 2 nitrogen and oxygen atoms in total. The standard InChI is InChI=1S/C7H5BrClNO/c1-4(11)5-2-6(8)7(9)10-3-5/h2-3H,1H3. The maximum absolute atomic E-state index is 10.8. The molecule has 0 spiro atoms. The Morgan fingerprint density at radius 1 is 1.73 bits per heavy atom. The van der Waals surface area contributed by atoms with Crippen LogP contribution in [0.3, 0.4) is 0 Å². The zero-order chi connectivity index (χ0) is 8.43. The molecule has 0 unspecified atom stereocenters. The highest BCUT2D eigenvalue weighted by atomic mass is 79.9. The molecular weight excluding hydrogens is 229 g/mol. The monoisotopic (exact) mass is 233 g/mol. The summed E-state index contributed by atoms with van der Waals surface area (Å²) in [7, 11) is 0. The Kier molecular flexibility index (Phi) is 2.62. The van der Waals surface area contributed by atoms with Gasteiger partial charge in [0.1, 0.15) is 5.15 Å². The summed E-state index contributed by atoms with van der Waals surface area (Å²) in [4.78, 5) is 14.6. The van der Waals surface area contributed by atoms with E-state index in [1.54, 1.807) is 6.07 Å². The lowest BCUT2D eigenvalue weighted by atomic mass is 10.2. The molecule has 0 saturated heterocycles. The first kappa shape index (κ1) is 8.68. The fraction of sp³-hybridized carbons (Fsp3) is 0.143. The van der Waals surface area contributed by atoms with Crippen molar-refractivity contribution in [3.63, 3.8) is 0 Å². The summed E-state index contributed by atoms with van der Waals surface area (Å²) in [5.41, 5.74) is 0.557. The summed E-state index contributed by atoms with van der Waals surface area (Å²) < 4.78 is 0.645. The van der Waals surface area contributed by atoms with Gasteiger partial charge in [-0.15, -0.1) is 0 Å². The molecule has 0 aliphatic heterocycles. The third-order valence-corrected chi connectivity index (χ3v) is 2.34. The van der Waals surface area contributed by atoms with Crippen molar-refractivity contribution < 1.29 is 4.79 Å². The van der Waals surface area contributed by atoms with E-state index in [0.29, 0.717) is 15.2 Å². The van der Waals surface area contributed by atoms with Gasteiger partial charge in [-0.1, -0.05) is 11.6 Å². The molecule has 4 heteroatoms. The van der Waals surface area contributed by atoms with Crippen molar-refractivity contribution in [3.8, 4) is 0 Å². The molecule has 1 aromatic heterocycles. The summed E-state index contributed by atoms with van der Waals surface area (Å²) >= 11 is 8.78. The van der Waals surface area contributed by atoms with E-state index in [4.69, 9.17) is 11.6 Å². The number of ketones is 1. The van der Waals surface area contributed by atoms with Gasteiger partial charge in [0.15, 0.2) is 5.78 Å². The lowest BCUT2D eigenvalue weighted by Crippen LogP contribution is -1.92. The summed E-state index contributed by atoms with van der Waals surface area (Å²) in [5, 5.41) is 0.370. The van der Waals surface area contributed by atoms with Gasteiger partial charge in [-0.3, -0.25) is 4.79 Å². The maximum Gasteiger partial charge on any atom is 0.161 e. The van der Waals surface area contributed by atoms with Gasteiger partial charge < -0.3 is 0 Å². The van der Waals surface area contributed by atoms with Crippen LogP contribution in [0, 0.1) is 0 Å². The fourth-order valence-corrected chi connectivity index (χ4v) is 1.07. The third-order valence-electron chi connectivity index (χ3n) is 1.20. The molecule has 11 heavy (non-hydrogen) atoms. The average Bonchev–Trinajstić information content (AvgIpc) is 1.94. The summed E-state index contributed by atoms with van der Waals surface area (Å²) in [5.74, 6) is -0.0186. The Bertz CT molecular complexity index is 300. The predicted octanol–water partition coefficient (Wildman–Crippen LogP) is 2.70. The van der Waals surface area contributed by atoms with Crippen LogP contribution in [0.15, 0.2) is 16.7 Å². The second-order valence-corrected chi connectivity index (χ2v) is 3.27. The van der Waals surface area contributed by atoms with E-state index in [9.17, 15) is 4.79 Å². The number of carbonyl (C=O) groups is 1. The first-order valence-corrected chi connectivity index (χ1v) is 4.10. The third kappa shape index (κ3) is 2.01. The van der Waals surface area contributed by atoms with E-state index in [2.05, 4.69) is 20.9 Å². The van der Waals surface area contributed by atoms with Crippen molar-refractivity contribution in [2.45, 2.75) is 6.92 Å². The zero-order valence-electron chi connectivity index (χ0n) is 5.77. The number of rotatable bonds is 1. The average molecular weight is 234 g/mol. The van der Waals surface area contributed by atoms with Crippen molar-refractivity contribution in [1.82, 2.24) is 4.98 Å². The number of Topliss-reactive ketones (excluding diaryl/α,β-unsaturated/α-hetero) is 1. The van der Waals surface area contributed by atoms with Crippen LogP contribution < -0.4 is 0 Å². The normalized spacial score (nSPS) is 9.73. The quantitative estimate of drug-likeness (QED) is 0.552. The summed E-state index contributed by atoms with van der Waals surface area (Å²) in [6, 6.07) is 1.65. The molecule has 0 amide bonds. The molecule has 0 N–H and O–H groups in total. The maximum atomic E-state index is 10.8. The first-order valence-electron chi connectivity index (χ1n) is 2.93. The molecule has 0 bridgehead atoms. The van der Waals surface area contributed by atoms with Crippen LogP contribution in [0.25, 0.3) is 0 Å². The Morgan fingerprint density at radius 3 is 2.82 bits per heavy atom. The van der Waals surface area contributed by atoms with Crippen LogP contribution >= 0.6 is 27.5 Å². The Labute approximate surface area is 77.7 Å². The highest BCUT2D eigenvalue weighted by molar-refractivity contribution is 9.10. The van der Waals surface area contributed by atoms with Gasteiger partial charge in [-0.25, -0.2) is 4.98 Å². The minimum Gasteiger partial charge on any atom is -0.294 e. The minimum atomic E-state index is -0.0186. The van der Waals surface area contributed by atoms with Crippen molar-refractivity contribution in [2.24, 2.45) is 0 Å². The molecule has 1 rings (SSSR count). The van der Waals surface area contributed by atoms with E-state index in [1.165, 1.54) is 13.1 Å². The molecule has 0 atom stereocenters. The zero-order valence-corrected chi connectivity index (χ0v) is 8.11. The SMILES string of the molecule is CC(=O)c1cnc(Cl)c(Br)c1. The van der Waals surface area contributed by atoms with E-state index in [-0.39, 0.29) is 5.78 Å². The van der Waals surface area contributed by atoms with Crippen molar-refractivity contribution in [1.29, 1.82) is 0 Å². The van der Waals surface area contributed by atoms with Crippen LogP contribution in [0.4, 0.5) is 0 Å². The lowest BCUT2D eigenvalue weighted by Gasteiger charge is -1.96. The molecule has 0 saturated carbocycles. The van der Waals surface area contributed by atoms with Crippen LogP contribution in [-0.4, -0.2) is 10.8 Å². The Balaban J connectivity index is 3.15. The molecule has 0 aromatic carbocycles. The molecule has 1 heterocycles. The van der Waals surface area contributed by atoms with Crippen LogP contribution in [0.2, 0.25) is 5.15 Å². The van der Waals surface area contributed by atoms with Crippen molar-refractivity contribution >= 4 is 33.3 Å². The van der Waals surface area contributed by atoms with Gasteiger partial charge in [0.25, 0.3) is 0 Å². The molecule has 1 aromatic rings. The largest absolute Gasteiger partial charge is 0.294 e. The van der Waals surface area contributed by atoms with Crippen LogP contribution in [0.5, 0.6) is 0 Å². The number of halogens is 2. The Morgan fingerprint density at radius 2 is 2.36 bits per heavy atom. The molecule has 0 aliphatic carbocycles. The highest BCUT2D eigenvalue weighted by Gasteiger charge is 2.02. The number of nitrogens with zero attached hydrogens (tertiary/aromatic N) is 1. The second kappa shape index (κ2) is 3.32. The number of hydrogen-bond acceptors (Lipinski definition) is 2. The predicted molar refractivity (Wildman–Crippen MR) is 47.0 cm³/mol. The van der Waals surface area contributed by atoms with E-state index < -0.39 is 0 Å².